The Morgan fingerprint density at radius 3 is 2.25 bits per heavy atom. The van der Waals surface area contributed by atoms with Gasteiger partial charge in [-0.3, -0.25) is 0 Å². The second-order valence-electron chi connectivity index (χ2n) is 10.7. The van der Waals surface area contributed by atoms with Crippen molar-refractivity contribution < 1.29 is 17.6 Å². The lowest BCUT2D eigenvalue weighted by atomic mass is 9.94. The molecule has 206 valence electrons. The number of benzene rings is 1. The van der Waals surface area contributed by atoms with Gasteiger partial charge in [0, 0.05) is 63.5 Å². The molecular weight excluding hydrogens is 488 g/mol. The maximum atomic E-state index is 13.5. The van der Waals surface area contributed by atoms with Gasteiger partial charge in [0.25, 0.3) is 5.92 Å². The lowest BCUT2D eigenvalue weighted by Crippen LogP contribution is -2.37. The lowest BCUT2D eigenvalue weighted by molar-refractivity contribution is -0.0399. The number of fused-ring (bicyclic) bond motifs is 1. The Morgan fingerprint density at radius 2 is 1.72 bits per heavy atom. The van der Waals surface area contributed by atoms with Gasteiger partial charge in [-0.2, -0.15) is 0 Å². The number of anilines is 1. The molecule has 1 aromatic carbocycles. The summed E-state index contributed by atoms with van der Waals surface area (Å²) in [4.78, 5) is 4.96. The highest BCUT2D eigenvalue weighted by Gasteiger charge is 2.35. The van der Waals surface area contributed by atoms with Gasteiger partial charge in [0.2, 0.25) is 5.92 Å². The summed E-state index contributed by atoms with van der Waals surface area (Å²) < 4.78 is 60.1. The average Bonchev–Trinajstić information content (AvgIpc) is 3.16. The summed E-state index contributed by atoms with van der Waals surface area (Å²) in [6, 6.07) is 6.07. The molecule has 1 aromatic heterocycles. The summed E-state index contributed by atoms with van der Waals surface area (Å²) in [5, 5.41) is 0. The smallest absolute Gasteiger partial charge is 0.250 e. The second-order valence-corrected chi connectivity index (χ2v) is 11.9. The predicted octanol–water partition coefficient (Wildman–Crippen LogP) is 8.55. The molecule has 2 heterocycles. The van der Waals surface area contributed by atoms with Gasteiger partial charge in [0.05, 0.1) is 16.7 Å². The molecule has 1 atom stereocenters. The van der Waals surface area contributed by atoms with E-state index in [1.165, 1.54) is 12.1 Å². The fraction of sp³-hybridized carbons (Fsp3) is 0.741. The van der Waals surface area contributed by atoms with Crippen molar-refractivity contribution >= 4 is 28.9 Å². The minimum atomic E-state index is -2.65. The fourth-order valence-electron chi connectivity index (χ4n) is 4.33. The van der Waals surface area contributed by atoms with Gasteiger partial charge in [-0.25, -0.2) is 26.9 Å². The predicted molar refractivity (Wildman–Crippen MR) is 145 cm³/mol. The van der Waals surface area contributed by atoms with Crippen molar-refractivity contribution in [3.63, 3.8) is 0 Å². The molecule has 1 aliphatic rings. The maximum Gasteiger partial charge on any atom is 0.250 e. The molecule has 36 heavy (non-hydrogen) atoms. The summed E-state index contributed by atoms with van der Waals surface area (Å²) >= 11 is 1.45. The van der Waals surface area contributed by atoms with Crippen LogP contribution in [-0.4, -0.2) is 45.8 Å². The zero-order chi connectivity index (χ0) is 27.3. The first kappa shape index (κ1) is 30.7. The van der Waals surface area contributed by atoms with Crippen molar-refractivity contribution in [2.24, 2.45) is 5.92 Å². The van der Waals surface area contributed by atoms with Gasteiger partial charge < -0.3 is 8.87 Å². The van der Waals surface area contributed by atoms with E-state index in [0.29, 0.717) is 26.1 Å². The number of piperidine rings is 1. The second kappa shape index (κ2) is 12.4. The number of hydrogen-bond donors (Lipinski definition) is 0. The van der Waals surface area contributed by atoms with Gasteiger partial charge in [-0.1, -0.05) is 48.0 Å². The molecule has 0 aliphatic carbocycles. The van der Waals surface area contributed by atoms with Crippen molar-refractivity contribution in [3.8, 4) is 0 Å². The fourth-order valence-corrected chi connectivity index (χ4v) is 5.23. The maximum absolute atomic E-state index is 13.5. The quantitative estimate of drug-likeness (QED) is 0.239. The summed E-state index contributed by atoms with van der Waals surface area (Å²) in [5.74, 6) is -4.14. The number of aromatic nitrogens is 2. The Bertz CT molecular complexity index is 955. The molecule has 0 amide bonds. The van der Waals surface area contributed by atoms with Crippen molar-refractivity contribution in [1.29, 1.82) is 0 Å². The van der Waals surface area contributed by atoms with E-state index in [9.17, 15) is 17.6 Å². The number of alkyl halides is 4. The molecule has 9 heteroatoms. The highest BCUT2D eigenvalue weighted by molar-refractivity contribution is 7.98. The van der Waals surface area contributed by atoms with Gasteiger partial charge in [-0.15, -0.1) is 0 Å². The summed E-state index contributed by atoms with van der Waals surface area (Å²) in [6.07, 6.45) is 0.947. The first-order valence-electron chi connectivity index (χ1n) is 13.1. The molecule has 0 saturated carbocycles. The van der Waals surface area contributed by atoms with Gasteiger partial charge >= 0.3 is 0 Å². The average molecular weight is 533 g/mol. The van der Waals surface area contributed by atoms with Crippen LogP contribution in [-0.2, 0) is 12.0 Å². The SMILES string of the molecule is CC.CCC(CCC(C)(F)F)Cn1c(C(C)(C)C)nc2cc(N(C)SN3CCC(F)(F)CC3)ccc21. The van der Waals surface area contributed by atoms with E-state index in [2.05, 4.69) is 32.3 Å². The van der Waals surface area contributed by atoms with E-state index in [0.717, 1.165) is 35.9 Å². The number of halogens is 4. The summed E-state index contributed by atoms with van der Waals surface area (Å²) in [7, 11) is 1.93. The van der Waals surface area contributed by atoms with Gasteiger partial charge in [-0.05, 0) is 37.5 Å². The van der Waals surface area contributed by atoms with Crippen molar-refractivity contribution in [2.45, 2.75) is 104 Å². The van der Waals surface area contributed by atoms with Crippen molar-refractivity contribution in [2.75, 3.05) is 24.4 Å². The minimum absolute atomic E-state index is 0.114. The molecule has 4 nitrogen and oxygen atoms in total. The lowest BCUT2D eigenvalue weighted by Gasteiger charge is -2.33. The van der Waals surface area contributed by atoms with E-state index in [1.54, 1.807) is 0 Å². The Balaban J connectivity index is 0.00000222. The molecule has 3 rings (SSSR count). The molecule has 0 spiro atoms. The van der Waals surface area contributed by atoms with Crippen LogP contribution < -0.4 is 4.31 Å². The van der Waals surface area contributed by atoms with Gasteiger partial charge in [0.1, 0.15) is 5.82 Å². The highest BCUT2D eigenvalue weighted by atomic mass is 32.2. The molecule has 0 radical (unpaired) electrons. The van der Waals surface area contributed by atoms with Crippen LogP contribution in [0.5, 0.6) is 0 Å². The van der Waals surface area contributed by atoms with Crippen LogP contribution in [0.3, 0.4) is 0 Å². The summed E-state index contributed by atoms with van der Waals surface area (Å²) in [5.41, 5.74) is 2.59. The third kappa shape index (κ3) is 8.54. The monoisotopic (exact) mass is 532 g/mol. The van der Waals surface area contributed by atoms with Crippen LogP contribution >= 0.6 is 12.1 Å². The standard InChI is InChI=1S/C25H38F4N4S.C2H6/c1-7-18(10-11-24(5,26)27)17-33-21-9-8-19(16-20(21)30-22(33)23(2,3)4)31(6)34-32-14-12-25(28,29)13-15-32;1-2/h8-9,16,18H,7,10-15,17H2,1-6H3;1-2H3. The molecule has 0 bridgehead atoms. The van der Waals surface area contributed by atoms with Gasteiger partial charge in [0.15, 0.2) is 0 Å². The largest absolute Gasteiger partial charge is 0.327 e. The molecule has 1 fully saturated rings. The van der Waals surface area contributed by atoms with Crippen LogP contribution in [0, 0.1) is 5.92 Å². The van der Waals surface area contributed by atoms with Crippen molar-refractivity contribution in [3.05, 3.63) is 24.0 Å². The van der Waals surface area contributed by atoms with E-state index in [4.69, 9.17) is 4.98 Å². The van der Waals surface area contributed by atoms with Crippen LogP contribution in [0.25, 0.3) is 11.0 Å². The zero-order valence-electron chi connectivity index (χ0n) is 23.2. The Kier molecular flexibility index (Phi) is 10.6. The van der Waals surface area contributed by atoms with Crippen LogP contribution in [0.2, 0.25) is 0 Å². The molecular formula is C27H44F4N4S. The van der Waals surface area contributed by atoms with E-state index in [-0.39, 0.29) is 30.6 Å². The Morgan fingerprint density at radius 1 is 1.11 bits per heavy atom. The topological polar surface area (TPSA) is 24.3 Å². The molecule has 0 N–H and O–H groups in total. The number of imidazole rings is 1. The number of nitrogens with zero attached hydrogens (tertiary/aromatic N) is 4. The van der Waals surface area contributed by atoms with E-state index in [1.807, 2.05) is 47.7 Å². The molecule has 2 aromatic rings. The Labute approximate surface area is 219 Å². The third-order valence-corrected chi connectivity index (χ3v) is 7.52. The highest BCUT2D eigenvalue weighted by Crippen LogP contribution is 2.35. The van der Waals surface area contributed by atoms with Crippen molar-refractivity contribution in [1.82, 2.24) is 13.9 Å². The number of rotatable bonds is 9. The Hall–Kier alpha value is -1.48. The van der Waals surface area contributed by atoms with Crippen LogP contribution in [0.1, 0.15) is 86.4 Å². The molecule has 1 saturated heterocycles. The zero-order valence-corrected chi connectivity index (χ0v) is 24.0. The van der Waals surface area contributed by atoms with Crippen LogP contribution in [0.4, 0.5) is 23.2 Å². The first-order chi connectivity index (χ1) is 16.7. The molecule has 1 aliphatic heterocycles. The van der Waals surface area contributed by atoms with E-state index >= 15 is 0 Å². The molecule has 1 unspecified atom stereocenters. The minimum Gasteiger partial charge on any atom is -0.327 e. The van der Waals surface area contributed by atoms with Crippen LogP contribution in [0.15, 0.2) is 18.2 Å². The normalized spacial score (nSPS) is 17.6. The third-order valence-electron chi connectivity index (χ3n) is 6.47. The van der Waals surface area contributed by atoms with E-state index < -0.39 is 11.8 Å². The first-order valence-corrected chi connectivity index (χ1v) is 13.8. The summed E-state index contributed by atoms with van der Waals surface area (Å²) in [6.45, 7) is 14.7. The number of hydrogen-bond acceptors (Lipinski definition) is 4.